The molecule has 12 heavy (non-hydrogen) atoms. The number of carbonyl (C=O) groups excluding carboxylic acids is 1. The molecule has 2 rings (SSSR count). The molecule has 2 aromatic rings. The smallest absolute Gasteiger partial charge is 0.271 e. The zero-order chi connectivity index (χ0) is 8.55. The molecule has 0 saturated carbocycles. The lowest BCUT2D eigenvalue weighted by Gasteiger charge is -1.89. The minimum Gasteiger partial charge on any atom is -0.298 e. The summed E-state index contributed by atoms with van der Waals surface area (Å²) in [5.41, 5.74) is 0.858. The summed E-state index contributed by atoms with van der Waals surface area (Å²) in [6.45, 7) is 0. The Labute approximate surface area is 67.2 Å². The van der Waals surface area contributed by atoms with Gasteiger partial charge in [-0.3, -0.25) is 19.8 Å². The molecule has 0 spiro atoms. The van der Waals surface area contributed by atoms with Gasteiger partial charge in [-0.05, 0) is 12.1 Å². The van der Waals surface area contributed by atoms with Crippen molar-refractivity contribution in [1.82, 2.24) is 10.2 Å². The van der Waals surface area contributed by atoms with Crippen molar-refractivity contribution in [3.8, 4) is 0 Å². The number of para-hydroxylation sites is 1. The standard InChI is InChI=1S/C8H6N2O2/c11-4-5-2-1-3-6-7(5)9-10-8(6)12/h1-4H,(H2,9,10,12). The summed E-state index contributed by atoms with van der Waals surface area (Å²) in [6, 6.07) is 4.99. The topological polar surface area (TPSA) is 65.7 Å². The van der Waals surface area contributed by atoms with Gasteiger partial charge in [0.2, 0.25) is 0 Å². The first-order chi connectivity index (χ1) is 5.83. The first kappa shape index (κ1) is 6.84. The summed E-state index contributed by atoms with van der Waals surface area (Å²) in [4.78, 5) is 21.5. The van der Waals surface area contributed by atoms with Gasteiger partial charge >= 0.3 is 0 Å². The van der Waals surface area contributed by atoms with Crippen molar-refractivity contribution in [3.63, 3.8) is 0 Å². The Kier molecular flexibility index (Phi) is 1.33. The predicted molar refractivity (Wildman–Crippen MR) is 44.3 cm³/mol. The van der Waals surface area contributed by atoms with Crippen molar-refractivity contribution >= 4 is 17.2 Å². The molecule has 0 amide bonds. The van der Waals surface area contributed by atoms with Gasteiger partial charge in [-0.1, -0.05) is 6.07 Å². The minimum atomic E-state index is -0.200. The molecule has 0 radical (unpaired) electrons. The van der Waals surface area contributed by atoms with Crippen molar-refractivity contribution in [2.24, 2.45) is 0 Å². The molecule has 4 heteroatoms. The van der Waals surface area contributed by atoms with E-state index in [1.807, 2.05) is 0 Å². The molecule has 4 nitrogen and oxygen atoms in total. The van der Waals surface area contributed by atoms with E-state index in [1.165, 1.54) is 0 Å². The van der Waals surface area contributed by atoms with Gasteiger partial charge in [-0.15, -0.1) is 0 Å². The molecule has 0 bridgehead atoms. The van der Waals surface area contributed by atoms with Gasteiger partial charge in [-0.25, -0.2) is 0 Å². The Hall–Kier alpha value is -1.84. The number of fused-ring (bicyclic) bond motifs is 1. The quantitative estimate of drug-likeness (QED) is 0.605. The van der Waals surface area contributed by atoms with E-state index < -0.39 is 0 Å². The number of aldehydes is 1. The molecule has 1 heterocycles. The highest BCUT2D eigenvalue weighted by Gasteiger charge is 2.03. The van der Waals surface area contributed by atoms with E-state index in [4.69, 9.17) is 0 Å². The number of hydrogen-bond acceptors (Lipinski definition) is 2. The van der Waals surface area contributed by atoms with Crippen LogP contribution in [0.2, 0.25) is 0 Å². The molecule has 0 aliphatic rings. The van der Waals surface area contributed by atoms with Gasteiger partial charge in [0.05, 0.1) is 10.9 Å². The van der Waals surface area contributed by atoms with Gasteiger partial charge < -0.3 is 0 Å². The second-order valence-electron chi connectivity index (χ2n) is 2.47. The Morgan fingerprint density at radius 1 is 1.25 bits per heavy atom. The summed E-state index contributed by atoms with van der Waals surface area (Å²) in [5.74, 6) is 0. The Balaban J connectivity index is 2.99. The van der Waals surface area contributed by atoms with Crippen LogP contribution in [0, 0.1) is 0 Å². The molecule has 0 unspecified atom stereocenters. The van der Waals surface area contributed by atoms with Crippen molar-refractivity contribution in [3.05, 3.63) is 34.1 Å². The van der Waals surface area contributed by atoms with Crippen LogP contribution in [0.5, 0.6) is 0 Å². The fourth-order valence-corrected chi connectivity index (χ4v) is 1.18. The molecule has 1 aromatic carbocycles. The second-order valence-corrected chi connectivity index (χ2v) is 2.47. The summed E-state index contributed by atoms with van der Waals surface area (Å²) in [5, 5.41) is 5.56. The summed E-state index contributed by atoms with van der Waals surface area (Å²) in [6.07, 6.45) is 0.714. The van der Waals surface area contributed by atoms with Gasteiger partial charge in [-0.2, -0.15) is 0 Å². The van der Waals surface area contributed by atoms with Crippen molar-refractivity contribution in [2.75, 3.05) is 0 Å². The zero-order valence-corrected chi connectivity index (χ0v) is 6.13. The summed E-state index contributed by atoms with van der Waals surface area (Å²) >= 11 is 0. The van der Waals surface area contributed by atoms with E-state index in [-0.39, 0.29) is 5.56 Å². The van der Waals surface area contributed by atoms with Crippen LogP contribution in [-0.2, 0) is 0 Å². The molecule has 2 N–H and O–H groups in total. The molecule has 0 saturated heterocycles. The van der Waals surface area contributed by atoms with Gasteiger partial charge in [0.25, 0.3) is 5.56 Å². The summed E-state index contributed by atoms with van der Waals surface area (Å²) in [7, 11) is 0. The van der Waals surface area contributed by atoms with E-state index >= 15 is 0 Å². The second kappa shape index (κ2) is 2.34. The fourth-order valence-electron chi connectivity index (χ4n) is 1.18. The maximum atomic E-state index is 11.0. The zero-order valence-electron chi connectivity index (χ0n) is 6.13. The van der Waals surface area contributed by atoms with E-state index in [0.717, 1.165) is 0 Å². The van der Waals surface area contributed by atoms with Crippen LogP contribution in [0.25, 0.3) is 10.9 Å². The van der Waals surface area contributed by atoms with Crippen LogP contribution in [0.15, 0.2) is 23.0 Å². The normalized spacial score (nSPS) is 10.3. The lowest BCUT2D eigenvalue weighted by atomic mass is 10.2. The molecular weight excluding hydrogens is 156 g/mol. The number of carbonyl (C=O) groups is 1. The number of benzene rings is 1. The van der Waals surface area contributed by atoms with E-state index in [9.17, 15) is 9.59 Å². The third-order valence-electron chi connectivity index (χ3n) is 1.77. The molecule has 0 aliphatic carbocycles. The van der Waals surface area contributed by atoms with Crippen LogP contribution in [-0.4, -0.2) is 16.5 Å². The Morgan fingerprint density at radius 3 is 2.83 bits per heavy atom. The van der Waals surface area contributed by atoms with E-state index in [1.54, 1.807) is 18.2 Å². The van der Waals surface area contributed by atoms with Crippen LogP contribution in [0.3, 0.4) is 0 Å². The number of rotatable bonds is 1. The highest BCUT2D eigenvalue weighted by atomic mass is 16.1. The van der Waals surface area contributed by atoms with Crippen molar-refractivity contribution in [1.29, 1.82) is 0 Å². The minimum absolute atomic E-state index is 0.200. The number of aromatic nitrogens is 2. The van der Waals surface area contributed by atoms with E-state index in [0.29, 0.717) is 22.8 Å². The maximum Gasteiger partial charge on any atom is 0.271 e. The average Bonchev–Trinajstić information content (AvgIpc) is 2.48. The average molecular weight is 162 g/mol. The fraction of sp³-hybridized carbons (Fsp3) is 0. The maximum absolute atomic E-state index is 11.0. The van der Waals surface area contributed by atoms with Crippen molar-refractivity contribution in [2.45, 2.75) is 0 Å². The third-order valence-corrected chi connectivity index (χ3v) is 1.77. The lowest BCUT2D eigenvalue weighted by Crippen LogP contribution is -1.96. The van der Waals surface area contributed by atoms with Crippen LogP contribution in [0.4, 0.5) is 0 Å². The highest BCUT2D eigenvalue weighted by Crippen LogP contribution is 2.09. The SMILES string of the molecule is O=Cc1cccc2c(=O)[nH][nH]c12. The number of aromatic amines is 2. The van der Waals surface area contributed by atoms with Gasteiger partial charge in [0.1, 0.15) is 0 Å². The molecule has 60 valence electrons. The Bertz CT molecular complexity index is 481. The van der Waals surface area contributed by atoms with Gasteiger partial charge in [0, 0.05) is 5.56 Å². The van der Waals surface area contributed by atoms with Crippen molar-refractivity contribution < 1.29 is 4.79 Å². The molecule has 0 fully saturated rings. The molecule has 1 aromatic heterocycles. The lowest BCUT2D eigenvalue weighted by molar-refractivity contribution is 0.112. The largest absolute Gasteiger partial charge is 0.298 e. The summed E-state index contributed by atoms with van der Waals surface area (Å²) < 4.78 is 0. The number of H-pyrrole nitrogens is 2. The van der Waals surface area contributed by atoms with Crippen LogP contribution in [0.1, 0.15) is 10.4 Å². The van der Waals surface area contributed by atoms with Gasteiger partial charge in [0.15, 0.2) is 6.29 Å². The molecular formula is C8H6N2O2. The number of nitrogens with one attached hydrogen (secondary N) is 2. The molecule has 0 atom stereocenters. The highest BCUT2D eigenvalue weighted by molar-refractivity contribution is 5.95. The first-order valence-electron chi connectivity index (χ1n) is 3.47. The van der Waals surface area contributed by atoms with Crippen LogP contribution < -0.4 is 5.56 Å². The van der Waals surface area contributed by atoms with Crippen LogP contribution >= 0.6 is 0 Å². The van der Waals surface area contributed by atoms with E-state index in [2.05, 4.69) is 10.2 Å². The first-order valence-corrected chi connectivity index (χ1v) is 3.47. The number of hydrogen-bond donors (Lipinski definition) is 2. The Morgan fingerprint density at radius 2 is 2.08 bits per heavy atom. The third kappa shape index (κ3) is 0.780. The predicted octanol–water partition coefficient (Wildman–Crippen LogP) is 0.669. The monoisotopic (exact) mass is 162 g/mol. The molecule has 0 aliphatic heterocycles.